The van der Waals surface area contributed by atoms with Crippen LogP contribution < -0.4 is 0 Å². The highest BCUT2D eigenvalue weighted by Crippen LogP contribution is 2.17. The van der Waals surface area contributed by atoms with E-state index >= 15 is 0 Å². The molecule has 1 saturated heterocycles. The molecule has 1 aliphatic heterocycles. The highest BCUT2D eigenvalue weighted by Gasteiger charge is 2.25. The zero-order valence-electron chi connectivity index (χ0n) is 11.8. The number of carbonyl (C=O) groups is 1. The summed E-state index contributed by atoms with van der Waals surface area (Å²) >= 11 is 6.03. The molecule has 0 saturated carbocycles. The molecule has 0 bridgehead atoms. The van der Waals surface area contributed by atoms with E-state index in [1.165, 1.54) is 0 Å². The standard InChI is InChI=1S/C14H17ClN4O2/c1-17-10-12(15)13(16-17)14(20)19-6-4-18(5-7-19)9-11-3-2-8-21-11/h2-3,8,10H,4-7,9H2,1H3. The van der Waals surface area contributed by atoms with E-state index in [4.69, 9.17) is 16.0 Å². The summed E-state index contributed by atoms with van der Waals surface area (Å²) in [5.41, 5.74) is 0.332. The van der Waals surface area contributed by atoms with Crippen LogP contribution in [0.3, 0.4) is 0 Å². The van der Waals surface area contributed by atoms with Gasteiger partial charge in [-0.3, -0.25) is 14.4 Å². The molecule has 0 N–H and O–H groups in total. The molecule has 1 fully saturated rings. The predicted octanol–water partition coefficient (Wildman–Crippen LogP) is 1.62. The molecule has 1 aliphatic rings. The highest BCUT2D eigenvalue weighted by atomic mass is 35.5. The van der Waals surface area contributed by atoms with Crippen LogP contribution in [0.1, 0.15) is 16.2 Å². The minimum Gasteiger partial charge on any atom is -0.468 e. The van der Waals surface area contributed by atoms with Gasteiger partial charge in [-0.2, -0.15) is 5.10 Å². The summed E-state index contributed by atoms with van der Waals surface area (Å²) < 4.78 is 6.90. The second-order valence-electron chi connectivity index (χ2n) is 5.15. The molecule has 21 heavy (non-hydrogen) atoms. The van der Waals surface area contributed by atoms with Crippen molar-refractivity contribution in [3.8, 4) is 0 Å². The van der Waals surface area contributed by atoms with E-state index in [-0.39, 0.29) is 5.91 Å². The lowest BCUT2D eigenvalue weighted by Crippen LogP contribution is -2.48. The van der Waals surface area contributed by atoms with Gasteiger partial charge >= 0.3 is 0 Å². The Bertz CT molecular complexity index is 615. The van der Waals surface area contributed by atoms with Crippen LogP contribution in [0.4, 0.5) is 0 Å². The minimum atomic E-state index is -0.0988. The van der Waals surface area contributed by atoms with Crippen molar-refractivity contribution in [2.75, 3.05) is 26.2 Å². The Hall–Kier alpha value is -1.79. The summed E-state index contributed by atoms with van der Waals surface area (Å²) in [6.07, 6.45) is 3.32. The lowest BCUT2D eigenvalue weighted by Gasteiger charge is -2.33. The maximum atomic E-state index is 12.4. The first-order chi connectivity index (χ1) is 10.1. The Morgan fingerprint density at radius 1 is 1.38 bits per heavy atom. The van der Waals surface area contributed by atoms with Gasteiger partial charge in [-0.05, 0) is 12.1 Å². The Morgan fingerprint density at radius 2 is 2.14 bits per heavy atom. The number of amides is 1. The summed E-state index contributed by atoms with van der Waals surface area (Å²) in [6.45, 7) is 3.76. The fraction of sp³-hybridized carbons (Fsp3) is 0.429. The van der Waals surface area contributed by atoms with E-state index < -0.39 is 0 Å². The second kappa shape index (κ2) is 5.91. The molecule has 7 heteroatoms. The van der Waals surface area contributed by atoms with Crippen LogP contribution in [-0.2, 0) is 13.6 Å². The predicted molar refractivity (Wildman–Crippen MR) is 78.1 cm³/mol. The van der Waals surface area contributed by atoms with E-state index in [1.54, 1.807) is 29.1 Å². The van der Waals surface area contributed by atoms with E-state index in [0.29, 0.717) is 23.8 Å². The highest BCUT2D eigenvalue weighted by molar-refractivity contribution is 6.33. The summed E-state index contributed by atoms with van der Waals surface area (Å²) in [5.74, 6) is 0.848. The Balaban J connectivity index is 1.58. The third-order valence-corrected chi connectivity index (χ3v) is 3.88. The molecule has 0 aromatic carbocycles. The van der Waals surface area contributed by atoms with Crippen molar-refractivity contribution in [2.45, 2.75) is 6.54 Å². The average molecular weight is 309 g/mol. The monoisotopic (exact) mass is 308 g/mol. The number of furan rings is 1. The third kappa shape index (κ3) is 3.11. The number of nitrogens with zero attached hydrogens (tertiary/aromatic N) is 4. The molecule has 0 unspecified atom stereocenters. The second-order valence-corrected chi connectivity index (χ2v) is 5.55. The molecule has 0 radical (unpaired) electrons. The quantitative estimate of drug-likeness (QED) is 0.865. The van der Waals surface area contributed by atoms with Crippen LogP contribution >= 0.6 is 11.6 Å². The molecule has 112 valence electrons. The van der Waals surface area contributed by atoms with Gasteiger partial charge in [0.05, 0.1) is 17.8 Å². The van der Waals surface area contributed by atoms with Crippen LogP contribution in [0.15, 0.2) is 29.0 Å². The molecule has 1 amide bonds. The Kier molecular flexibility index (Phi) is 3.98. The summed E-state index contributed by atoms with van der Waals surface area (Å²) in [6, 6.07) is 3.85. The van der Waals surface area contributed by atoms with E-state index in [2.05, 4.69) is 10.00 Å². The van der Waals surface area contributed by atoms with Gasteiger partial charge in [-0.1, -0.05) is 11.6 Å². The lowest BCUT2D eigenvalue weighted by atomic mass is 10.2. The van der Waals surface area contributed by atoms with E-state index in [1.807, 2.05) is 12.1 Å². The van der Waals surface area contributed by atoms with E-state index in [0.717, 1.165) is 25.4 Å². The van der Waals surface area contributed by atoms with Gasteiger partial charge < -0.3 is 9.32 Å². The number of carbonyl (C=O) groups excluding carboxylic acids is 1. The average Bonchev–Trinajstić information content (AvgIpc) is 3.08. The molecule has 3 heterocycles. The van der Waals surface area contributed by atoms with Crippen molar-refractivity contribution in [2.24, 2.45) is 7.05 Å². The Morgan fingerprint density at radius 3 is 2.71 bits per heavy atom. The molecule has 0 atom stereocenters. The van der Waals surface area contributed by atoms with E-state index in [9.17, 15) is 4.79 Å². The smallest absolute Gasteiger partial charge is 0.276 e. The number of aromatic nitrogens is 2. The van der Waals surface area contributed by atoms with Gasteiger partial charge in [-0.15, -0.1) is 0 Å². The summed E-state index contributed by atoms with van der Waals surface area (Å²) in [7, 11) is 1.75. The molecule has 2 aromatic heterocycles. The molecule has 0 aliphatic carbocycles. The number of halogens is 1. The Labute approximate surface area is 127 Å². The van der Waals surface area contributed by atoms with Gasteiger partial charge in [0.2, 0.25) is 0 Å². The first-order valence-electron chi connectivity index (χ1n) is 6.86. The van der Waals surface area contributed by atoms with Crippen LogP contribution in [-0.4, -0.2) is 51.7 Å². The lowest BCUT2D eigenvalue weighted by molar-refractivity contribution is 0.0614. The normalized spacial score (nSPS) is 16.4. The fourth-order valence-electron chi connectivity index (χ4n) is 2.49. The molecule has 2 aromatic rings. The van der Waals surface area contributed by atoms with Crippen molar-refractivity contribution in [1.29, 1.82) is 0 Å². The zero-order valence-corrected chi connectivity index (χ0v) is 12.6. The SMILES string of the molecule is Cn1cc(Cl)c(C(=O)N2CCN(Cc3ccco3)CC2)n1. The third-order valence-electron chi connectivity index (χ3n) is 3.61. The van der Waals surface area contributed by atoms with Crippen molar-refractivity contribution >= 4 is 17.5 Å². The minimum absolute atomic E-state index is 0.0988. The summed E-state index contributed by atoms with van der Waals surface area (Å²) in [5, 5.41) is 4.53. The van der Waals surface area contributed by atoms with Crippen molar-refractivity contribution in [3.63, 3.8) is 0 Å². The number of hydrogen-bond acceptors (Lipinski definition) is 4. The van der Waals surface area contributed by atoms with Crippen LogP contribution in [0.2, 0.25) is 5.02 Å². The number of rotatable bonds is 3. The van der Waals surface area contributed by atoms with Crippen LogP contribution in [0.5, 0.6) is 0 Å². The number of hydrogen-bond donors (Lipinski definition) is 0. The largest absolute Gasteiger partial charge is 0.468 e. The maximum absolute atomic E-state index is 12.4. The van der Waals surface area contributed by atoms with Gasteiger partial charge in [0.15, 0.2) is 5.69 Å². The van der Waals surface area contributed by atoms with Crippen molar-refractivity contribution in [1.82, 2.24) is 19.6 Å². The zero-order chi connectivity index (χ0) is 14.8. The van der Waals surface area contributed by atoms with Crippen LogP contribution in [0.25, 0.3) is 0 Å². The number of piperazine rings is 1. The van der Waals surface area contributed by atoms with Crippen molar-refractivity contribution in [3.05, 3.63) is 41.1 Å². The summed E-state index contributed by atoms with van der Waals surface area (Å²) in [4.78, 5) is 16.5. The molecule has 3 rings (SSSR count). The number of aryl methyl sites for hydroxylation is 1. The topological polar surface area (TPSA) is 54.5 Å². The van der Waals surface area contributed by atoms with Gasteiger partial charge in [0, 0.05) is 39.4 Å². The molecule has 6 nitrogen and oxygen atoms in total. The van der Waals surface area contributed by atoms with Crippen molar-refractivity contribution < 1.29 is 9.21 Å². The molecular weight excluding hydrogens is 292 g/mol. The molecular formula is C14H17ClN4O2. The van der Waals surface area contributed by atoms with Gasteiger partial charge in [0.1, 0.15) is 5.76 Å². The fourth-order valence-corrected chi connectivity index (χ4v) is 2.75. The molecule has 0 spiro atoms. The van der Waals surface area contributed by atoms with Gasteiger partial charge in [-0.25, -0.2) is 0 Å². The first kappa shape index (κ1) is 14.2. The first-order valence-corrected chi connectivity index (χ1v) is 7.24. The maximum Gasteiger partial charge on any atom is 0.276 e. The van der Waals surface area contributed by atoms with Gasteiger partial charge in [0.25, 0.3) is 5.91 Å². The van der Waals surface area contributed by atoms with Crippen LogP contribution in [0, 0.1) is 0 Å².